The standard InChI is InChI=1S/C27H23N7O2/c1-34-13-10-21(33-34)24-23(17-8-9-19-16(15-17)5-4-12-29-19)31-25(26(28)32-24)27(35)30-20-11-14-36-22-7-3-2-6-18(20)22/h2-10,12-13,15,20H,11,14H2,1H3,(H2,28,32)(H,30,35)/t20-/m1/s1. The van der Waals surface area contributed by atoms with Crippen LogP contribution in [0.15, 0.2) is 73.1 Å². The lowest BCUT2D eigenvalue weighted by Gasteiger charge is -2.26. The molecule has 1 atom stereocenters. The highest BCUT2D eigenvalue weighted by molar-refractivity contribution is 5.98. The van der Waals surface area contributed by atoms with E-state index in [1.807, 2.05) is 73.9 Å². The van der Waals surface area contributed by atoms with Crippen molar-refractivity contribution in [2.24, 2.45) is 7.05 Å². The van der Waals surface area contributed by atoms with Gasteiger partial charge in [-0.1, -0.05) is 30.3 Å². The molecule has 0 unspecified atom stereocenters. The normalized spacial score (nSPS) is 14.8. The molecule has 3 N–H and O–H groups in total. The van der Waals surface area contributed by atoms with Gasteiger partial charge in [0.15, 0.2) is 11.5 Å². The van der Waals surface area contributed by atoms with Gasteiger partial charge in [-0.15, -0.1) is 0 Å². The Morgan fingerprint density at radius 3 is 2.83 bits per heavy atom. The zero-order chi connectivity index (χ0) is 24.6. The number of nitrogen functional groups attached to an aromatic ring is 1. The highest BCUT2D eigenvalue weighted by Crippen LogP contribution is 2.34. The number of anilines is 1. The van der Waals surface area contributed by atoms with Gasteiger partial charge >= 0.3 is 0 Å². The van der Waals surface area contributed by atoms with Crippen LogP contribution in [-0.2, 0) is 7.05 Å². The summed E-state index contributed by atoms with van der Waals surface area (Å²) in [4.78, 5) is 27.2. The number of nitrogens with zero attached hydrogens (tertiary/aromatic N) is 5. The number of rotatable bonds is 4. The Bertz CT molecular complexity index is 1610. The second-order valence-electron chi connectivity index (χ2n) is 8.64. The number of aromatic nitrogens is 5. The number of nitrogens with one attached hydrogen (secondary N) is 1. The number of benzene rings is 2. The summed E-state index contributed by atoms with van der Waals surface area (Å²) < 4.78 is 7.41. The van der Waals surface area contributed by atoms with Crippen molar-refractivity contribution in [1.29, 1.82) is 0 Å². The Morgan fingerprint density at radius 2 is 1.97 bits per heavy atom. The Kier molecular flexibility index (Phi) is 5.29. The molecule has 2 aromatic carbocycles. The third kappa shape index (κ3) is 3.90. The van der Waals surface area contributed by atoms with Crippen molar-refractivity contribution in [3.8, 4) is 28.4 Å². The minimum Gasteiger partial charge on any atom is -0.493 e. The maximum Gasteiger partial charge on any atom is 0.274 e. The SMILES string of the molecule is Cn1ccc(-c2nc(N)c(C(=O)N[C@@H]3CCOc4ccccc43)nc2-c2ccc3ncccc3c2)n1. The van der Waals surface area contributed by atoms with Gasteiger partial charge in [0, 0.05) is 42.4 Å². The predicted molar refractivity (Wildman–Crippen MR) is 136 cm³/mol. The zero-order valence-electron chi connectivity index (χ0n) is 19.5. The molecule has 0 radical (unpaired) electrons. The molecule has 1 aliphatic heterocycles. The lowest BCUT2D eigenvalue weighted by atomic mass is 10.0. The molecule has 9 nitrogen and oxygen atoms in total. The summed E-state index contributed by atoms with van der Waals surface area (Å²) in [7, 11) is 1.83. The Hall–Kier alpha value is -4.79. The van der Waals surface area contributed by atoms with Gasteiger partial charge in [-0.2, -0.15) is 5.10 Å². The Morgan fingerprint density at radius 1 is 1.08 bits per heavy atom. The number of carbonyl (C=O) groups is 1. The summed E-state index contributed by atoms with van der Waals surface area (Å²) in [5.41, 5.74) is 10.6. The maximum absolute atomic E-state index is 13.4. The van der Waals surface area contributed by atoms with Crippen LogP contribution in [0.4, 0.5) is 5.82 Å². The van der Waals surface area contributed by atoms with Crippen molar-refractivity contribution in [2.75, 3.05) is 12.3 Å². The summed E-state index contributed by atoms with van der Waals surface area (Å²) in [5.74, 6) is 0.418. The molecule has 0 saturated carbocycles. The zero-order valence-corrected chi connectivity index (χ0v) is 19.5. The highest BCUT2D eigenvalue weighted by atomic mass is 16.5. The predicted octanol–water partition coefficient (Wildman–Crippen LogP) is 3.93. The average Bonchev–Trinajstić information content (AvgIpc) is 3.34. The molecule has 9 heteroatoms. The van der Waals surface area contributed by atoms with Crippen LogP contribution in [0.2, 0.25) is 0 Å². The van der Waals surface area contributed by atoms with Gasteiger partial charge in [0.05, 0.1) is 23.9 Å². The van der Waals surface area contributed by atoms with E-state index in [4.69, 9.17) is 15.5 Å². The molecule has 0 aliphatic carbocycles. The number of aryl methyl sites for hydroxylation is 1. The number of nitrogens with two attached hydrogens (primary N) is 1. The largest absolute Gasteiger partial charge is 0.493 e. The first-order valence-electron chi connectivity index (χ1n) is 11.6. The molecule has 36 heavy (non-hydrogen) atoms. The van der Waals surface area contributed by atoms with Crippen LogP contribution in [0, 0.1) is 0 Å². The van der Waals surface area contributed by atoms with Gasteiger partial charge in [-0.25, -0.2) is 9.97 Å². The van der Waals surface area contributed by atoms with E-state index >= 15 is 0 Å². The summed E-state index contributed by atoms with van der Waals surface area (Å²) in [6, 6.07) is 19.0. The van der Waals surface area contributed by atoms with Crippen molar-refractivity contribution >= 4 is 22.6 Å². The van der Waals surface area contributed by atoms with E-state index in [1.54, 1.807) is 10.9 Å². The molecule has 0 bridgehead atoms. The first kappa shape index (κ1) is 21.7. The van der Waals surface area contributed by atoms with Crippen LogP contribution in [0.5, 0.6) is 5.75 Å². The van der Waals surface area contributed by atoms with Crippen molar-refractivity contribution in [2.45, 2.75) is 12.5 Å². The quantitative estimate of drug-likeness (QED) is 0.402. The second kappa shape index (κ2) is 8.77. The van der Waals surface area contributed by atoms with Crippen LogP contribution in [0.3, 0.4) is 0 Å². The third-order valence-corrected chi connectivity index (χ3v) is 6.23. The van der Waals surface area contributed by atoms with E-state index in [0.717, 1.165) is 27.8 Å². The summed E-state index contributed by atoms with van der Waals surface area (Å²) in [6.45, 7) is 0.512. The van der Waals surface area contributed by atoms with E-state index in [9.17, 15) is 4.79 Å². The molecule has 1 aliphatic rings. The lowest BCUT2D eigenvalue weighted by Crippen LogP contribution is -2.33. The van der Waals surface area contributed by atoms with Crippen molar-refractivity contribution in [3.05, 3.63) is 84.3 Å². The number of para-hydroxylation sites is 1. The maximum atomic E-state index is 13.4. The van der Waals surface area contributed by atoms with Gasteiger partial charge in [0.1, 0.15) is 17.1 Å². The fourth-order valence-corrected chi connectivity index (χ4v) is 4.48. The first-order valence-corrected chi connectivity index (χ1v) is 11.6. The molecule has 0 saturated heterocycles. The molecule has 3 aromatic heterocycles. The molecule has 6 rings (SSSR count). The number of ether oxygens (including phenoxy) is 1. The highest BCUT2D eigenvalue weighted by Gasteiger charge is 2.26. The van der Waals surface area contributed by atoms with E-state index in [0.29, 0.717) is 30.1 Å². The van der Waals surface area contributed by atoms with E-state index < -0.39 is 5.91 Å². The number of hydrogen-bond donors (Lipinski definition) is 2. The monoisotopic (exact) mass is 477 g/mol. The van der Waals surface area contributed by atoms with Crippen LogP contribution in [0.25, 0.3) is 33.5 Å². The lowest BCUT2D eigenvalue weighted by molar-refractivity contribution is 0.0920. The van der Waals surface area contributed by atoms with Crippen LogP contribution in [-0.4, -0.2) is 37.2 Å². The van der Waals surface area contributed by atoms with Gasteiger partial charge in [-0.3, -0.25) is 14.5 Å². The summed E-state index contributed by atoms with van der Waals surface area (Å²) in [5, 5.41) is 8.52. The molecule has 0 fully saturated rings. The van der Waals surface area contributed by atoms with Gasteiger partial charge < -0.3 is 15.8 Å². The second-order valence-corrected chi connectivity index (χ2v) is 8.64. The Balaban J connectivity index is 1.44. The molecule has 5 aromatic rings. The van der Waals surface area contributed by atoms with Crippen LogP contribution >= 0.6 is 0 Å². The minimum atomic E-state index is -0.391. The fraction of sp³-hybridized carbons (Fsp3) is 0.148. The van der Waals surface area contributed by atoms with E-state index in [2.05, 4.69) is 20.4 Å². The van der Waals surface area contributed by atoms with Gasteiger partial charge in [0.25, 0.3) is 5.91 Å². The van der Waals surface area contributed by atoms with E-state index in [1.165, 1.54) is 0 Å². The number of carbonyl (C=O) groups excluding carboxylic acids is 1. The molecular weight excluding hydrogens is 454 g/mol. The first-order chi connectivity index (χ1) is 17.6. The number of pyridine rings is 1. The fourth-order valence-electron chi connectivity index (χ4n) is 4.48. The smallest absolute Gasteiger partial charge is 0.274 e. The minimum absolute atomic E-state index is 0.0414. The average molecular weight is 478 g/mol. The molecule has 1 amide bonds. The third-order valence-electron chi connectivity index (χ3n) is 6.23. The summed E-state index contributed by atoms with van der Waals surface area (Å²) in [6.07, 6.45) is 4.22. The number of amides is 1. The van der Waals surface area contributed by atoms with Gasteiger partial charge in [0.2, 0.25) is 0 Å². The molecule has 178 valence electrons. The molecule has 4 heterocycles. The van der Waals surface area contributed by atoms with Crippen molar-refractivity contribution in [1.82, 2.24) is 30.0 Å². The van der Waals surface area contributed by atoms with E-state index in [-0.39, 0.29) is 17.6 Å². The van der Waals surface area contributed by atoms with Crippen LogP contribution in [0.1, 0.15) is 28.5 Å². The van der Waals surface area contributed by atoms with Crippen molar-refractivity contribution < 1.29 is 9.53 Å². The topological polar surface area (TPSA) is 121 Å². The summed E-state index contributed by atoms with van der Waals surface area (Å²) >= 11 is 0. The molecular formula is C27H23N7O2. The van der Waals surface area contributed by atoms with Gasteiger partial charge in [-0.05, 0) is 30.3 Å². The number of fused-ring (bicyclic) bond motifs is 2. The molecule has 0 spiro atoms. The van der Waals surface area contributed by atoms with Crippen LogP contribution < -0.4 is 15.8 Å². The Labute approximate surface area is 207 Å². The van der Waals surface area contributed by atoms with Crippen molar-refractivity contribution in [3.63, 3.8) is 0 Å². The number of hydrogen-bond acceptors (Lipinski definition) is 7.